The molecule has 1 aromatic heterocycles. The number of para-hydroxylation sites is 1. The molecule has 2 N–H and O–H groups in total. The molecule has 2 aromatic rings. The predicted molar refractivity (Wildman–Crippen MR) is 95.9 cm³/mol. The van der Waals surface area contributed by atoms with Gasteiger partial charge in [0.25, 0.3) is 0 Å². The molecule has 20 heavy (non-hydrogen) atoms. The number of furan rings is 1. The average molecular weight is 403 g/mol. The van der Waals surface area contributed by atoms with E-state index in [1.54, 1.807) is 0 Å². The first-order valence-electron chi connectivity index (χ1n) is 6.43. The standard InChI is InChI=1S/C14H17N3OS.HI/c15-14(17-5-7-19-8-6-17)16-10-12-9-11-3-1-2-4-13(11)18-12;/h1-4,9H,5-8,10H2,(H2,15,16);1H. The highest BCUT2D eigenvalue weighted by molar-refractivity contribution is 14.0. The predicted octanol–water partition coefficient (Wildman–Crippen LogP) is 2.91. The summed E-state index contributed by atoms with van der Waals surface area (Å²) in [6.07, 6.45) is 0. The largest absolute Gasteiger partial charge is 0.459 e. The molecular formula is C14H18IN3OS. The minimum absolute atomic E-state index is 0. The van der Waals surface area contributed by atoms with Gasteiger partial charge in [0.15, 0.2) is 5.96 Å². The van der Waals surface area contributed by atoms with E-state index in [1.165, 1.54) is 0 Å². The Balaban J connectivity index is 0.00000147. The fourth-order valence-electron chi connectivity index (χ4n) is 2.17. The summed E-state index contributed by atoms with van der Waals surface area (Å²) < 4.78 is 5.72. The summed E-state index contributed by atoms with van der Waals surface area (Å²) in [7, 11) is 0. The van der Waals surface area contributed by atoms with Crippen molar-refractivity contribution in [2.75, 3.05) is 24.6 Å². The molecule has 2 heterocycles. The van der Waals surface area contributed by atoms with Gasteiger partial charge in [0, 0.05) is 30.0 Å². The van der Waals surface area contributed by atoms with Crippen molar-refractivity contribution in [3.05, 3.63) is 36.1 Å². The van der Waals surface area contributed by atoms with E-state index in [0.717, 1.165) is 41.3 Å². The highest BCUT2D eigenvalue weighted by Gasteiger charge is 2.12. The molecule has 4 nitrogen and oxygen atoms in total. The number of nitrogens with zero attached hydrogens (tertiary/aromatic N) is 2. The number of hydrogen-bond donors (Lipinski definition) is 1. The molecule has 0 bridgehead atoms. The normalized spacial score (nSPS) is 16.2. The van der Waals surface area contributed by atoms with Crippen LogP contribution in [0.1, 0.15) is 5.76 Å². The van der Waals surface area contributed by atoms with Crippen LogP contribution in [0.4, 0.5) is 0 Å². The molecule has 6 heteroatoms. The first kappa shape index (κ1) is 15.5. The molecule has 1 aliphatic heterocycles. The van der Waals surface area contributed by atoms with Crippen LogP contribution in [0.15, 0.2) is 39.7 Å². The summed E-state index contributed by atoms with van der Waals surface area (Å²) in [6.45, 7) is 2.48. The highest BCUT2D eigenvalue weighted by Crippen LogP contribution is 2.19. The number of hydrogen-bond acceptors (Lipinski definition) is 3. The van der Waals surface area contributed by atoms with Crippen LogP contribution < -0.4 is 5.73 Å². The summed E-state index contributed by atoms with van der Waals surface area (Å²) in [4.78, 5) is 6.57. The fourth-order valence-corrected chi connectivity index (χ4v) is 3.07. The van der Waals surface area contributed by atoms with Crippen LogP contribution in [0.25, 0.3) is 11.0 Å². The van der Waals surface area contributed by atoms with Gasteiger partial charge in [-0.1, -0.05) is 18.2 Å². The number of aliphatic imine (C=N–C) groups is 1. The number of rotatable bonds is 2. The van der Waals surface area contributed by atoms with Crippen LogP contribution in [-0.2, 0) is 6.54 Å². The summed E-state index contributed by atoms with van der Waals surface area (Å²) in [5, 5.41) is 1.11. The van der Waals surface area contributed by atoms with Gasteiger partial charge in [0.1, 0.15) is 17.9 Å². The molecule has 108 valence electrons. The van der Waals surface area contributed by atoms with Crippen molar-refractivity contribution >= 4 is 52.7 Å². The summed E-state index contributed by atoms with van der Waals surface area (Å²) >= 11 is 1.96. The molecule has 0 spiro atoms. The lowest BCUT2D eigenvalue weighted by atomic mass is 10.2. The van der Waals surface area contributed by atoms with E-state index in [0.29, 0.717) is 12.5 Å². The van der Waals surface area contributed by atoms with E-state index in [-0.39, 0.29) is 24.0 Å². The number of fused-ring (bicyclic) bond motifs is 1. The van der Waals surface area contributed by atoms with E-state index in [2.05, 4.69) is 9.89 Å². The molecular weight excluding hydrogens is 385 g/mol. The Morgan fingerprint density at radius 2 is 2.05 bits per heavy atom. The van der Waals surface area contributed by atoms with Gasteiger partial charge in [0.2, 0.25) is 0 Å². The highest BCUT2D eigenvalue weighted by atomic mass is 127. The molecule has 1 saturated heterocycles. The fraction of sp³-hybridized carbons (Fsp3) is 0.357. The summed E-state index contributed by atoms with van der Waals surface area (Å²) in [5.41, 5.74) is 6.92. The van der Waals surface area contributed by atoms with Gasteiger partial charge in [-0.05, 0) is 12.1 Å². The monoisotopic (exact) mass is 403 g/mol. The van der Waals surface area contributed by atoms with E-state index >= 15 is 0 Å². The van der Waals surface area contributed by atoms with Gasteiger partial charge in [-0.2, -0.15) is 11.8 Å². The average Bonchev–Trinajstić information content (AvgIpc) is 2.88. The van der Waals surface area contributed by atoms with Crippen molar-refractivity contribution in [3.63, 3.8) is 0 Å². The zero-order chi connectivity index (χ0) is 13.1. The van der Waals surface area contributed by atoms with Gasteiger partial charge in [-0.25, -0.2) is 4.99 Å². The van der Waals surface area contributed by atoms with Gasteiger partial charge < -0.3 is 15.1 Å². The summed E-state index contributed by atoms with van der Waals surface area (Å²) in [5.74, 6) is 3.73. The van der Waals surface area contributed by atoms with E-state index in [4.69, 9.17) is 10.2 Å². The van der Waals surface area contributed by atoms with Crippen molar-refractivity contribution in [1.82, 2.24) is 4.90 Å². The van der Waals surface area contributed by atoms with E-state index in [1.807, 2.05) is 42.1 Å². The number of thioether (sulfide) groups is 1. The Labute approximate surface area is 139 Å². The maximum atomic E-state index is 6.02. The van der Waals surface area contributed by atoms with Crippen LogP contribution >= 0.6 is 35.7 Å². The molecule has 0 unspecified atom stereocenters. The van der Waals surface area contributed by atoms with Crippen molar-refractivity contribution in [1.29, 1.82) is 0 Å². The zero-order valence-electron chi connectivity index (χ0n) is 11.1. The molecule has 3 rings (SSSR count). The SMILES string of the molecule is I.NC(=NCc1cc2ccccc2o1)N1CCSCC1. The van der Waals surface area contributed by atoms with Crippen LogP contribution in [-0.4, -0.2) is 35.5 Å². The molecule has 0 atom stereocenters. The minimum atomic E-state index is 0. The molecule has 1 aromatic carbocycles. The second-order valence-electron chi connectivity index (χ2n) is 4.52. The van der Waals surface area contributed by atoms with Crippen molar-refractivity contribution in [3.8, 4) is 0 Å². The van der Waals surface area contributed by atoms with Gasteiger partial charge in [0.05, 0.1) is 0 Å². The van der Waals surface area contributed by atoms with Crippen molar-refractivity contribution in [2.45, 2.75) is 6.54 Å². The van der Waals surface area contributed by atoms with Gasteiger partial charge in [-0.15, -0.1) is 24.0 Å². The Bertz CT molecular complexity index is 560. The third kappa shape index (κ3) is 3.60. The lowest BCUT2D eigenvalue weighted by molar-refractivity contribution is 0.453. The number of benzene rings is 1. The molecule has 1 fully saturated rings. The Morgan fingerprint density at radius 3 is 2.80 bits per heavy atom. The maximum Gasteiger partial charge on any atom is 0.191 e. The van der Waals surface area contributed by atoms with Crippen molar-refractivity contribution < 1.29 is 4.42 Å². The lowest BCUT2D eigenvalue weighted by Crippen LogP contribution is -2.42. The van der Waals surface area contributed by atoms with Crippen LogP contribution in [0.5, 0.6) is 0 Å². The first-order chi connectivity index (χ1) is 9.33. The Kier molecular flexibility index (Phi) is 5.59. The van der Waals surface area contributed by atoms with E-state index < -0.39 is 0 Å². The second-order valence-corrected chi connectivity index (χ2v) is 5.75. The quantitative estimate of drug-likeness (QED) is 0.476. The second kappa shape index (κ2) is 7.21. The Hall–Kier alpha value is -0.890. The van der Waals surface area contributed by atoms with Crippen LogP contribution in [0.3, 0.4) is 0 Å². The van der Waals surface area contributed by atoms with E-state index in [9.17, 15) is 0 Å². The first-order valence-corrected chi connectivity index (χ1v) is 7.58. The summed E-state index contributed by atoms with van der Waals surface area (Å²) in [6, 6.07) is 10.0. The number of nitrogens with two attached hydrogens (primary N) is 1. The maximum absolute atomic E-state index is 6.02. The topological polar surface area (TPSA) is 54.8 Å². The number of halogens is 1. The van der Waals surface area contributed by atoms with Crippen molar-refractivity contribution in [2.24, 2.45) is 10.7 Å². The molecule has 1 aliphatic rings. The third-order valence-corrected chi connectivity index (χ3v) is 4.15. The molecule has 0 radical (unpaired) electrons. The van der Waals surface area contributed by atoms with Gasteiger partial charge >= 0.3 is 0 Å². The Morgan fingerprint density at radius 1 is 1.30 bits per heavy atom. The smallest absolute Gasteiger partial charge is 0.191 e. The minimum Gasteiger partial charge on any atom is -0.459 e. The molecule has 0 aliphatic carbocycles. The zero-order valence-corrected chi connectivity index (χ0v) is 14.3. The van der Waals surface area contributed by atoms with Crippen LogP contribution in [0.2, 0.25) is 0 Å². The van der Waals surface area contributed by atoms with Crippen LogP contribution in [0, 0.1) is 0 Å². The number of guanidine groups is 1. The molecule has 0 amide bonds. The molecule has 0 saturated carbocycles. The lowest BCUT2D eigenvalue weighted by Gasteiger charge is -2.27. The van der Waals surface area contributed by atoms with Gasteiger partial charge in [-0.3, -0.25) is 0 Å². The third-order valence-electron chi connectivity index (χ3n) is 3.21.